The van der Waals surface area contributed by atoms with Gasteiger partial charge in [0.15, 0.2) is 0 Å². The number of hydrogen-bond donors (Lipinski definition) is 0. The first kappa shape index (κ1) is 27.4. The Morgan fingerprint density at radius 1 is 0.889 bits per heavy atom. The minimum Gasteiger partial charge on any atom is -0.490 e. The number of ether oxygens (including phenoxy) is 2. The second-order valence-electron chi connectivity index (χ2n) is 8.65. The third kappa shape index (κ3) is 7.40. The van der Waals surface area contributed by atoms with E-state index in [0.717, 1.165) is 45.0 Å². The van der Waals surface area contributed by atoms with Crippen LogP contribution in [0.25, 0.3) is 16.7 Å². The van der Waals surface area contributed by atoms with Crippen LogP contribution < -0.4 is 4.74 Å². The Bertz CT molecular complexity index is 1180. The summed E-state index contributed by atoms with van der Waals surface area (Å²) in [5.41, 5.74) is 2.95. The highest BCUT2D eigenvalue weighted by atomic mass is 32.2. The topological polar surface area (TPSA) is 35.5 Å². The molecule has 0 bridgehead atoms. The van der Waals surface area contributed by atoms with E-state index in [1.165, 1.54) is 23.9 Å². The standard InChI is InChI=1S/C29H29F3O3S/c1-5-34-27(33)28(3,4)36-26-16-14-25(15-17-26)35-19-18-20(2)21-6-8-22(9-7-21)23-10-12-24(13-11-23)29(30,31)32/h6-18H,5,19H2,1-4H3. The van der Waals surface area contributed by atoms with Crippen molar-refractivity contribution in [3.05, 3.63) is 90.0 Å². The number of carbonyl (C=O) groups is 1. The van der Waals surface area contributed by atoms with Gasteiger partial charge in [-0.05, 0) is 92.4 Å². The fourth-order valence-corrected chi connectivity index (χ4v) is 4.41. The molecular formula is C29H29F3O3S. The molecule has 190 valence electrons. The summed E-state index contributed by atoms with van der Waals surface area (Å²) < 4.78 is 48.6. The van der Waals surface area contributed by atoms with Crippen LogP contribution in [-0.4, -0.2) is 23.9 Å². The molecule has 3 aromatic carbocycles. The van der Waals surface area contributed by atoms with Gasteiger partial charge in [-0.25, -0.2) is 0 Å². The molecule has 0 unspecified atom stereocenters. The molecule has 3 aromatic rings. The van der Waals surface area contributed by atoms with Crippen LogP contribution in [0, 0.1) is 0 Å². The summed E-state index contributed by atoms with van der Waals surface area (Å²) in [7, 11) is 0. The molecule has 0 saturated carbocycles. The second kappa shape index (κ2) is 11.7. The molecule has 3 nitrogen and oxygen atoms in total. The first-order valence-corrected chi connectivity index (χ1v) is 12.3. The third-order valence-electron chi connectivity index (χ3n) is 5.49. The van der Waals surface area contributed by atoms with Crippen LogP contribution in [0.2, 0.25) is 0 Å². The predicted molar refractivity (Wildman–Crippen MR) is 139 cm³/mol. The number of benzene rings is 3. The highest BCUT2D eigenvalue weighted by molar-refractivity contribution is 8.01. The minimum atomic E-state index is -4.34. The molecule has 3 rings (SSSR count). The van der Waals surface area contributed by atoms with Gasteiger partial charge in [0, 0.05) is 4.90 Å². The molecule has 0 aromatic heterocycles. The maximum atomic E-state index is 12.8. The van der Waals surface area contributed by atoms with E-state index in [1.807, 2.05) is 75.4 Å². The van der Waals surface area contributed by atoms with Gasteiger partial charge in [-0.1, -0.05) is 36.4 Å². The van der Waals surface area contributed by atoms with E-state index < -0.39 is 16.5 Å². The number of thioether (sulfide) groups is 1. The van der Waals surface area contributed by atoms with Gasteiger partial charge in [0.1, 0.15) is 17.1 Å². The van der Waals surface area contributed by atoms with Crippen LogP contribution in [0.15, 0.2) is 83.8 Å². The molecule has 0 N–H and O–H groups in total. The monoisotopic (exact) mass is 514 g/mol. The lowest BCUT2D eigenvalue weighted by molar-refractivity contribution is -0.145. The number of carbonyl (C=O) groups excluding carboxylic acids is 1. The summed E-state index contributed by atoms with van der Waals surface area (Å²) in [5, 5.41) is 0. The van der Waals surface area contributed by atoms with Crippen molar-refractivity contribution in [2.75, 3.05) is 13.2 Å². The summed E-state index contributed by atoms with van der Waals surface area (Å²) >= 11 is 1.44. The molecule has 0 aliphatic rings. The maximum absolute atomic E-state index is 12.8. The van der Waals surface area contributed by atoms with E-state index >= 15 is 0 Å². The van der Waals surface area contributed by atoms with Gasteiger partial charge in [0.05, 0.1) is 12.2 Å². The van der Waals surface area contributed by atoms with E-state index in [0.29, 0.717) is 13.2 Å². The van der Waals surface area contributed by atoms with Crippen molar-refractivity contribution in [2.24, 2.45) is 0 Å². The van der Waals surface area contributed by atoms with Gasteiger partial charge in [-0.2, -0.15) is 13.2 Å². The van der Waals surface area contributed by atoms with E-state index in [4.69, 9.17) is 9.47 Å². The lowest BCUT2D eigenvalue weighted by atomic mass is 10.00. The van der Waals surface area contributed by atoms with E-state index in [1.54, 1.807) is 6.92 Å². The number of halogens is 3. The van der Waals surface area contributed by atoms with Crippen molar-refractivity contribution >= 4 is 23.3 Å². The SMILES string of the molecule is CCOC(=O)C(C)(C)Sc1ccc(OCC=C(C)c2ccc(-c3ccc(C(F)(F)F)cc3)cc2)cc1. The van der Waals surface area contributed by atoms with E-state index in [-0.39, 0.29) is 5.97 Å². The van der Waals surface area contributed by atoms with Crippen LogP contribution in [0.5, 0.6) is 5.75 Å². The average Bonchev–Trinajstić information content (AvgIpc) is 2.84. The van der Waals surface area contributed by atoms with Crippen LogP contribution in [0.3, 0.4) is 0 Å². The highest BCUT2D eigenvalue weighted by Gasteiger charge is 2.31. The zero-order chi connectivity index (χ0) is 26.3. The Hall–Kier alpha value is -3.19. The number of esters is 1. The zero-order valence-electron chi connectivity index (χ0n) is 20.7. The van der Waals surface area contributed by atoms with Gasteiger partial charge in [-0.15, -0.1) is 11.8 Å². The Kier molecular flexibility index (Phi) is 8.90. The minimum absolute atomic E-state index is 0.247. The molecule has 36 heavy (non-hydrogen) atoms. The molecular weight excluding hydrogens is 485 g/mol. The molecule has 0 amide bonds. The van der Waals surface area contributed by atoms with Gasteiger partial charge < -0.3 is 9.47 Å². The van der Waals surface area contributed by atoms with Crippen molar-refractivity contribution in [1.29, 1.82) is 0 Å². The second-order valence-corrected chi connectivity index (χ2v) is 10.4. The normalized spacial score (nSPS) is 12.4. The molecule has 0 aliphatic heterocycles. The molecule has 7 heteroatoms. The summed E-state index contributed by atoms with van der Waals surface area (Å²) in [4.78, 5) is 13.0. The smallest absolute Gasteiger partial charge is 0.416 e. The average molecular weight is 515 g/mol. The summed E-state index contributed by atoms with van der Waals surface area (Å²) in [6, 6.07) is 20.4. The molecule has 0 fully saturated rings. The molecule has 0 spiro atoms. The fraction of sp³-hybridized carbons (Fsp3) is 0.276. The van der Waals surface area contributed by atoms with Crippen LogP contribution in [0.1, 0.15) is 38.8 Å². The van der Waals surface area contributed by atoms with Crippen molar-refractivity contribution in [3.8, 4) is 16.9 Å². The summed E-state index contributed by atoms with van der Waals surface area (Å²) in [6.45, 7) is 8.18. The first-order valence-electron chi connectivity index (χ1n) is 11.5. The summed E-state index contributed by atoms with van der Waals surface area (Å²) in [6.07, 6.45) is -2.37. The van der Waals surface area contributed by atoms with E-state index in [2.05, 4.69) is 0 Å². The quantitative estimate of drug-likeness (QED) is 0.213. The van der Waals surface area contributed by atoms with Crippen molar-refractivity contribution < 1.29 is 27.4 Å². The number of hydrogen-bond acceptors (Lipinski definition) is 4. The first-order chi connectivity index (χ1) is 17.0. The maximum Gasteiger partial charge on any atom is 0.416 e. The van der Waals surface area contributed by atoms with Gasteiger partial charge >= 0.3 is 12.1 Å². The Labute approximate surface area is 214 Å². The third-order valence-corrected chi connectivity index (χ3v) is 6.67. The van der Waals surface area contributed by atoms with Gasteiger partial charge in [0.25, 0.3) is 0 Å². The lowest BCUT2D eigenvalue weighted by Crippen LogP contribution is -2.29. The van der Waals surface area contributed by atoms with Crippen molar-refractivity contribution in [3.63, 3.8) is 0 Å². The van der Waals surface area contributed by atoms with Crippen LogP contribution in [0.4, 0.5) is 13.2 Å². The van der Waals surface area contributed by atoms with Gasteiger partial charge in [-0.3, -0.25) is 4.79 Å². The number of rotatable bonds is 9. The highest BCUT2D eigenvalue weighted by Crippen LogP contribution is 2.34. The molecule has 0 aliphatic carbocycles. The van der Waals surface area contributed by atoms with Crippen molar-refractivity contribution in [2.45, 2.75) is 43.5 Å². The van der Waals surface area contributed by atoms with E-state index in [9.17, 15) is 18.0 Å². The summed E-state index contributed by atoms with van der Waals surface area (Å²) in [5.74, 6) is 0.471. The molecule has 0 saturated heterocycles. The molecule has 0 radical (unpaired) electrons. The molecule has 0 atom stereocenters. The zero-order valence-corrected chi connectivity index (χ0v) is 21.5. The van der Waals surface area contributed by atoms with Gasteiger partial charge in [0.2, 0.25) is 0 Å². The number of allylic oxidation sites excluding steroid dienone is 1. The Morgan fingerprint density at radius 3 is 1.97 bits per heavy atom. The largest absolute Gasteiger partial charge is 0.490 e. The number of alkyl halides is 3. The van der Waals surface area contributed by atoms with Crippen molar-refractivity contribution in [1.82, 2.24) is 0 Å². The van der Waals surface area contributed by atoms with Crippen LogP contribution in [-0.2, 0) is 15.7 Å². The fourth-order valence-electron chi connectivity index (χ4n) is 3.40. The predicted octanol–water partition coefficient (Wildman–Crippen LogP) is 8.29. The Morgan fingerprint density at radius 2 is 1.44 bits per heavy atom. The lowest BCUT2D eigenvalue weighted by Gasteiger charge is -2.21. The van der Waals surface area contributed by atoms with Crippen LogP contribution >= 0.6 is 11.8 Å². The molecule has 0 heterocycles. The Balaban J connectivity index is 1.56.